The molecule has 0 unspecified atom stereocenters. The molecule has 0 amide bonds. The maximum atomic E-state index is 6.06. The van der Waals surface area contributed by atoms with Crippen LogP contribution in [0.3, 0.4) is 0 Å². The van der Waals surface area contributed by atoms with E-state index in [9.17, 15) is 0 Å². The molecule has 0 saturated carbocycles. The number of hydrogen-bond acceptors (Lipinski definition) is 6. The molecule has 6 nitrogen and oxygen atoms in total. The Labute approximate surface area is 258 Å². The van der Waals surface area contributed by atoms with E-state index < -0.39 is 5.41 Å². The summed E-state index contributed by atoms with van der Waals surface area (Å²) >= 11 is 0. The van der Waals surface area contributed by atoms with E-state index in [4.69, 9.17) is 14.2 Å². The third-order valence-corrected chi connectivity index (χ3v) is 7.76. The lowest BCUT2D eigenvalue weighted by Crippen LogP contribution is -2.25. The fourth-order valence-corrected chi connectivity index (χ4v) is 5.09. The summed E-state index contributed by atoms with van der Waals surface area (Å²) in [6, 6.07) is 36.8. The zero-order chi connectivity index (χ0) is 30.0. The predicted octanol–water partition coefficient (Wildman–Crippen LogP) is 7.96. The first-order valence-corrected chi connectivity index (χ1v) is 14.5. The average molecular weight is 580 g/mol. The van der Waals surface area contributed by atoms with Gasteiger partial charge in [0.15, 0.2) is 0 Å². The van der Waals surface area contributed by atoms with Crippen LogP contribution in [-0.4, -0.2) is 15.0 Å². The Morgan fingerprint density at radius 3 is 0.886 bits per heavy atom. The minimum absolute atomic E-state index is 0.448. The molecule has 3 aromatic heterocycles. The average Bonchev–Trinajstić information content (AvgIpc) is 3.10. The van der Waals surface area contributed by atoms with Crippen LogP contribution in [0, 0.1) is 0 Å². The van der Waals surface area contributed by atoms with E-state index in [-0.39, 0.29) is 0 Å². The molecule has 0 fully saturated rings. The zero-order valence-corrected chi connectivity index (χ0v) is 24.5. The van der Waals surface area contributed by atoms with Gasteiger partial charge in [0.05, 0.1) is 0 Å². The summed E-state index contributed by atoms with van der Waals surface area (Å²) in [6.07, 6.45) is 10.7. The van der Waals surface area contributed by atoms with Gasteiger partial charge in [-0.15, -0.1) is 0 Å². The van der Waals surface area contributed by atoms with Crippen LogP contribution in [0.1, 0.15) is 40.3 Å². The quantitative estimate of drug-likeness (QED) is 0.137. The Morgan fingerprint density at radius 1 is 0.386 bits per heavy atom. The van der Waals surface area contributed by atoms with Gasteiger partial charge in [0, 0.05) is 42.6 Å². The first-order chi connectivity index (χ1) is 21.7. The predicted molar refractivity (Wildman–Crippen MR) is 171 cm³/mol. The molecule has 6 heteroatoms. The Balaban J connectivity index is 1.24. The fraction of sp³-hybridized carbons (Fsp3) is 0.132. The second-order valence-electron chi connectivity index (χ2n) is 10.6. The smallest absolute Gasteiger partial charge is 0.119 e. The van der Waals surface area contributed by atoms with Crippen molar-refractivity contribution in [1.29, 1.82) is 0 Å². The Morgan fingerprint density at radius 2 is 0.636 bits per heavy atom. The van der Waals surface area contributed by atoms with Crippen molar-refractivity contribution in [1.82, 2.24) is 15.0 Å². The number of ether oxygens (including phenoxy) is 3. The van der Waals surface area contributed by atoms with Gasteiger partial charge in [0.2, 0.25) is 0 Å². The minimum atomic E-state index is -0.448. The third kappa shape index (κ3) is 6.93. The Bertz CT molecular complexity index is 1520. The fourth-order valence-electron chi connectivity index (χ4n) is 5.09. The molecule has 3 heterocycles. The van der Waals surface area contributed by atoms with E-state index in [1.807, 2.05) is 72.8 Å². The van der Waals surface area contributed by atoms with Crippen LogP contribution in [0.15, 0.2) is 146 Å². The normalized spacial score (nSPS) is 11.1. The molecular formula is C38H33N3O3. The van der Waals surface area contributed by atoms with Crippen molar-refractivity contribution in [3.8, 4) is 17.2 Å². The van der Waals surface area contributed by atoms with Crippen molar-refractivity contribution in [2.75, 3.05) is 0 Å². The van der Waals surface area contributed by atoms with E-state index in [1.165, 1.54) is 0 Å². The van der Waals surface area contributed by atoms with Gasteiger partial charge < -0.3 is 14.2 Å². The molecule has 44 heavy (non-hydrogen) atoms. The second-order valence-corrected chi connectivity index (χ2v) is 10.6. The minimum Gasteiger partial charge on any atom is -0.489 e. The molecule has 0 bridgehead atoms. The van der Waals surface area contributed by atoms with Crippen molar-refractivity contribution >= 4 is 0 Å². The SMILES string of the molecule is CC(c1ccc(OCc2ccncc2)cc1)(c1ccc(OCc2ccncc2)cc1)c1ccc(OCc2ccncc2)cc1. The lowest BCUT2D eigenvalue weighted by Gasteiger charge is -2.32. The van der Waals surface area contributed by atoms with Crippen molar-refractivity contribution in [2.24, 2.45) is 0 Å². The van der Waals surface area contributed by atoms with Crippen LogP contribution in [0.5, 0.6) is 17.2 Å². The number of rotatable bonds is 12. The molecule has 0 atom stereocenters. The number of aromatic nitrogens is 3. The largest absolute Gasteiger partial charge is 0.489 e. The summed E-state index contributed by atoms with van der Waals surface area (Å²) in [6.45, 7) is 3.71. The topological polar surface area (TPSA) is 66.4 Å². The second kappa shape index (κ2) is 13.7. The molecule has 0 aliphatic heterocycles. The van der Waals surface area contributed by atoms with Crippen LogP contribution in [0.2, 0.25) is 0 Å². The Kier molecular flexibility index (Phi) is 8.88. The maximum absolute atomic E-state index is 6.06. The van der Waals surface area contributed by atoms with Crippen LogP contribution >= 0.6 is 0 Å². The van der Waals surface area contributed by atoms with Crippen molar-refractivity contribution < 1.29 is 14.2 Å². The van der Waals surface area contributed by atoms with E-state index >= 15 is 0 Å². The summed E-state index contributed by atoms with van der Waals surface area (Å²) < 4.78 is 18.2. The summed E-state index contributed by atoms with van der Waals surface area (Å²) in [5, 5.41) is 0. The van der Waals surface area contributed by atoms with Gasteiger partial charge in [0.25, 0.3) is 0 Å². The Hall–Kier alpha value is -5.49. The van der Waals surface area contributed by atoms with Crippen molar-refractivity contribution in [3.05, 3.63) is 180 Å². The van der Waals surface area contributed by atoms with Crippen LogP contribution < -0.4 is 14.2 Å². The monoisotopic (exact) mass is 579 g/mol. The van der Waals surface area contributed by atoms with E-state index in [2.05, 4.69) is 58.3 Å². The summed E-state index contributed by atoms with van der Waals surface area (Å²) in [4.78, 5) is 12.2. The van der Waals surface area contributed by atoms with E-state index in [1.54, 1.807) is 37.2 Å². The summed E-state index contributed by atoms with van der Waals surface area (Å²) in [5.41, 5.74) is 6.21. The van der Waals surface area contributed by atoms with Gasteiger partial charge in [0.1, 0.15) is 37.1 Å². The molecule has 218 valence electrons. The molecule has 0 aliphatic rings. The van der Waals surface area contributed by atoms with E-state index in [0.717, 1.165) is 50.6 Å². The number of pyridine rings is 3. The van der Waals surface area contributed by atoms with Crippen molar-refractivity contribution in [2.45, 2.75) is 32.2 Å². The molecule has 0 saturated heterocycles. The molecule has 0 aliphatic carbocycles. The molecule has 6 aromatic rings. The third-order valence-electron chi connectivity index (χ3n) is 7.76. The van der Waals surface area contributed by atoms with Gasteiger partial charge >= 0.3 is 0 Å². The van der Waals surface area contributed by atoms with Crippen LogP contribution in [0.4, 0.5) is 0 Å². The number of nitrogens with zero attached hydrogens (tertiary/aromatic N) is 3. The highest BCUT2D eigenvalue weighted by atomic mass is 16.5. The lowest BCUT2D eigenvalue weighted by atomic mass is 9.71. The zero-order valence-electron chi connectivity index (χ0n) is 24.5. The van der Waals surface area contributed by atoms with E-state index in [0.29, 0.717) is 19.8 Å². The molecule has 0 radical (unpaired) electrons. The lowest BCUT2D eigenvalue weighted by molar-refractivity contribution is 0.305. The molecule has 6 rings (SSSR count). The first kappa shape index (κ1) is 28.6. The number of benzene rings is 3. The standard InChI is InChI=1S/C38H33N3O3/c1-38(32-2-8-35(9-3-32)42-26-29-14-20-39-21-15-29,33-4-10-36(11-5-33)43-27-30-16-22-40-23-17-30)34-6-12-37(13-7-34)44-28-31-18-24-41-25-19-31/h2-25H,26-28H2,1H3. The molecule has 0 N–H and O–H groups in total. The first-order valence-electron chi connectivity index (χ1n) is 14.5. The summed E-state index contributed by atoms with van der Waals surface area (Å²) in [7, 11) is 0. The van der Waals surface area contributed by atoms with Gasteiger partial charge in [-0.2, -0.15) is 0 Å². The summed E-state index contributed by atoms with van der Waals surface area (Å²) in [5.74, 6) is 2.44. The molecule has 0 spiro atoms. The van der Waals surface area contributed by atoms with Crippen LogP contribution in [-0.2, 0) is 25.2 Å². The van der Waals surface area contributed by atoms with Crippen molar-refractivity contribution in [3.63, 3.8) is 0 Å². The molecule has 3 aromatic carbocycles. The van der Waals surface area contributed by atoms with Gasteiger partial charge in [-0.25, -0.2) is 0 Å². The number of hydrogen-bond donors (Lipinski definition) is 0. The van der Waals surface area contributed by atoms with Gasteiger partial charge in [-0.05, 0) is 113 Å². The molecular weight excluding hydrogens is 546 g/mol. The highest BCUT2D eigenvalue weighted by molar-refractivity contribution is 5.52. The van der Waals surface area contributed by atoms with Crippen LogP contribution in [0.25, 0.3) is 0 Å². The maximum Gasteiger partial charge on any atom is 0.119 e. The van der Waals surface area contributed by atoms with Gasteiger partial charge in [-0.1, -0.05) is 36.4 Å². The highest BCUT2D eigenvalue weighted by Gasteiger charge is 2.31. The van der Waals surface area contributed by atoms with Gasteiger partial charge in [-0.3, -0.25) is 15.0 Å². The highest BCUT2D eigenvalue weighted by Crippen LogP contribution is 2.40.